The second kappa shape index (κ2) is 3.98. The van der Waals surface area contributed by atoms with Gasteiger partial charge in [0.1, 0.15) is 5.82 Å². The summed E-state index contributed by atoms with van der Waals surface area (Å²) < 4.78 is 0. The van der Waals surface area contributed by atoms with E-state index >= 15 is 0 Å². The van der Waals surface area contributed by atoms with Crippen molar-refractivity contribution in [3.8, 4) is 10.7 Å². The summed E-state index contributed by atoms with van der Waals surface area (Å²) in [6, 6.07) is 4.00. The largest absolute Gasteiger partial charge is 0.383 e. The maximum absolute atomic E-state index is 5.86. The number of nitrogen functional groups attached to an aromatic ring is 1. The van der Waals surface area contributed by atoms with E-state index in [9.17, 15) is 0 Å². The van der Waals surface area contributed by atoms with Gasteiger partial charge in [0.25, 0.3) is 0 Å². The van der Waals surface area contributed by atoms with Gasteiger partial charge >= 0.3 is 0 Å². The number of aryl methyl sites for hydroxylation is 1. The highest BCUT2D eigenvalue weighted by atomic mass is 32.1. The fraction of sp³-hybridized carbons (Fsp3) is 0.273. The fourth-order valence-electron chi connectivity index (χ4n) is 1.44. The highest BCUT2D eigenvalue weighted by Gasteiger charge is 2.09. The summed E-state index contributed by atoms with van der Waals surface area (Å²) in [4.78, 5) is 9.88. The first-order chi connectivity index (χ1) is 7.22. The number of rotatable bonds is 2. The Balaban J connectivity index is 2.55. The minimum absolute atomic E-state index is 0.588. The third-order valence-corrected chi connectivity index (χ3v) is 3.23. The number of aromatic nitrogens is 2. The van der Waals surface area contributed by atoms with Crippen molar-refractivity contribution in [2.75, 3.05) is 5.73 Å². The lowest BCUT2D eigenvalue weighted by atomic mass is 10.2. The summed E-state index contributed by atoms with van der Waals surface area (Å²) in [5.41, 5.74) is 7.89. The summed E-state index contributed by atoms with van der Waals surface area (Å²) in [5, 5.41) is 2.01. The van der Waals surface area contributed by atoms with Crippen molar-refractivity contribution in [2.24, 2.45) is 0 Å². The van der Waals surface area contributed by atoms with E-state index in [4.69, 9.17) is 5.73 Å². The molecule has 2 aromatic heterocycles. The molecule has 0 unspecified atom stereocenters. The average Bonchev–Trinajstić information content (AvgIpc) is 2.75. The summed E-state index contributed by atoms with van der Waals surface area (Å²) >= 11 is 1.63. The van der Waals surface area contributed by atoms with Crippen LogP contribution in [-0.2, 0) is 6.42 Å². The summed E-state index contributed by atoms with van der Waals surface area (Å²) in [6.07, 6.45) is 0.886. The van der Waals surface area contributed by atoms with Gasteiger partial charge in [0.05, 0.1) is 4.88 Å². The van der Waals surface area contributed by atoms with E-state index in [0.29, 0.717) is 5.82 Å². The van der Waals surface area contributed by atoms with E-state index < -0.39 is 0 Å². The zero-order valence-corrected chi connectivity index (χ0v) is 9.64. The molecule has 0 spiro atoms. The average molecular weight is 219 g/mol. The van der Waals surface area contributed by atoms with Gasteiger partial charge in [0.2, 0.25) is 0 Å². The van der Waals surface area contributed by atoms with Gasteiger partial charge in [0.15, 0.2) is 5.82 Å². The molecule has 2 N–H and O–H groups in total. The molecule has 0 fully saturated rings. The second-order valence-electron chi connectivity index (χ2n) is 3.34. The van der Waals surface area contributed by atoms with Gasteiger partial charge in [0, 0.05) is 11.3 Å². The Hall–Kier alpha value is -1.42. The number of nitrogens with zero attached hydrogens (tertiary/aromatic N) is 2. The van der Waals surface area contributed by atoms with Crippen LogP contribution in [0, 0.1) is 6.92 Å². The van der Waals surface area contributed by atoms with Gasteiger partial charge in [-0.3, -0.25) is 0 Å². The summed E-state index contributed by atoms with van der Waals surface area (Å²) in [5.74, 6) is 1.33. The molecular formula is C11H13N3S. The van der Waals surface area contributed by atoms with Crippen LogP contribution >= 0.6 is 11.3 Å². The fourth-order valence-corrected chi connectivity index (χ4v) is 2.10. The molecule has 0 bridgehead atoms. The molecule has 15 heavy (non-hydrogen) atoms. The first-order valence-electron chi connectivity index (χ1n) is 4.89. The number of thiophene rings is 1. The normalized spacial score (nSPS) is 10.5. The monoisotopic (exact) mass is 219 g/mol. The maximum Gasteiger partial charge on any atom is 0.171 e. The van der Waals surface area contributed by atoms with Crippen molar-refractivity contribution in [1.29, 1.82) is 0 Å². The number of hydrogen-bond donors (Lipinski definition) is 1. The van der Waals surface area contributed by atoms with Crippen LogP contribution < -0.4 is 5.73 Å². The van der Waals surface area contributed by atoms with Crippen LogP contribution in [0.5, 0.6) is 0 Å². The lowest BCUT2D eigenvalue weighted by Crippen LogP contribution is -2.03. The third kappa shape index (κ3) is 1.85. The third-order valence-electron chi connectivity index (χ3n) is 2.36. The first kappa shape index (κ1) is 10.1. The Morgan fingerprint density at radius 3 is 2.80 bits per heavy atom. The van der Waals surface area contributed by atoms with Crippen molar-refractivity contribution >= 4 is 17.2 Å². The Morgan fingerprint density at radius 2 is 2.20 bits per heavy atom. The molecule has 0 aliphatic heterocycles. The van der Waals surface area contributed by atoms with Gasteiger partial charge in [-0.05, 0) is 24.8 Å². The zero-order chi connectivity index (χ0) is 10.8. The van der Waals surface area contributed by atoms with Gasteiger partial charge in [-0.2, -0.15) is 0 Å². The molecule has 2 heterocycles. The molecule has 0 amide bonds. The molecule has 3 nitrogen and oxygen atoms in total. The zero-order valence-electron chi connectivity index (χ0n) is 8.82. The van der Waals surface area contributed by atoms with E-state index in [1.807, 2.05) is 24.4 Å². The Bertz CT molecular complexity index is 463. The van der Waals surface area contributed by atoms with Crippen LogP contribution in [0.1, 0.15) is 18.2 Å². The molecule has 0 aromatic carbocycles. The van der Waals surface area contributed by atoms with Crippen molar-refractivity contribution in [3.05, 3.63) is 28.8 Å². The van der Waals surface area contributed by atoms with Crippen LogP contribution in [0.15, 0.2) is 17.5 Å². The molecule has 0 radical (unpaired) electrons. The van der Waals surface area contributed by atoms with E-state index in [1.54, 1.807) is 11.3 Å². The first-order valence-corrected chi connectivity index (χ1v) is 5.77. The van der Waals surface area contributed by atoms with Crippen LogP contribution in [0.25, 0.3) is 10.7 Å². The van der Waals surface area contributed by atoms with Gasteiger partial charge in [-0.15, -0.1) is 11.3 Å². The van der Waals surface area contributed by atoms with Gasteiger partial charge < -0.3 is 5.73 Å². The van der Waals surface area contributed by atoms with Crippen molar-refractivity contribution in [2.45, 2.75) is 20.3 Å². The molecule has 78 valence electrons. The summed E-state index contributed by atoms with van der Waals surface area (Å²) in [7, 11) is 0. The van der Waals surface area contributed by atoms with Gasteiger partial charge in [-0.25, -0.2) is 9.97 Å². The van der Waals surface area contributed by atoms with Crippen LogP contribution in [0.4, 0.5) is 5.82 Å². The molecular weight excluding hydrogens is 206 g/mol. The molecule has 0 aliphatic rings. The van der Waals surface area contributed by atoms with Gasteiger partial charge in [-0.1, -0.05) is 13.0 Å². The highest BCUT2D eigenvalue weighted by Crippen LogP contribution is 2.24. The SMILES string of the molecule is CCc1nc(-c2cccs2)nc(N)c1C. The Morgan fingerprint density at radius 1 is 1.40 bits per heavy atom. The predicted molar refractivity (Wildman–Crippen MR) is 63.9 cm³/mol. The number of hydrogen-bond acceptors (Lipinski definition) is 4. The molecule has 0 atom stereocenters. The van der Waals surface area contributed by atoms with E-state index in [0.717, 1.165) is 28.4 Å². The lowest BCUT2D eigenvalue weighted by molar-refractivity contribution is 0.984. The van der Waals surface area contributed by atoms with E-state index in [2.05, 4.69) is 16.9 Å². The highest BCUT2D eigenvalue weighted by molar-refractivity contribution is 7.13. The lowest BCUT2D eigenvalue weighted by Gasteiger charge is -2.06. The standard InChI is InChI=1S/C11H13N3S/c1-3-8-7(2)10(12)14-11(13-8)9-5-4-6-15-9/h4-6H,3H2,1-2H3,(H2,12,13,14). The topological polar surface area (TPSA) is 51.8 Å². The minimum Gasteiger partial charge on any atom is -0.383 e. The molecule has 0 saturated carbocycles. The quantitative estimate of drug-likeness (QED) is 0.844. The van der Waals surface area contributed by atoms with Crippen molar-refractivity contribution < 1.29 is 0 Å². The second-order valence-corrected chi connectivity index (χ2v) is 4.28. The predicted octanol–water partition coefficient (Wildman–Crippen LogP) is 2.66. The van der Waals surface area contributed by atoms with Crippen LogP contribution in [0.3, 0.4) is 0 Å². The maximum atomic E-state index is 5.86. The summed E-state index contributed by atoms with van der Waals surface area (Å²) in [6.45, 7) is 4.04. The molecule has 2 aromatic rings. The van der Waals surface area contributed by atoms with E-state index in [1.165, 1.54) is 0 Å². The van der Waals surface area contributed by atoms with Crippen molar-refractivity contribution in [3.63, 3.8) is 0 Å². The smallest absolute Gasteiger partial charge is 0.171 e. The van der Waals surface area contributed by atoms with Crippen molar-refractivity contribution in [1.82, 2.24) is 9.97 Å². The van der Waals surface area contributed by atoms with Crippen LogP contribution in [-0.4, -0.2) is 9.97 Å². The Labute approximate surface area is 93.0 Å². The number of nitrogens with two attached hydrogens (primary N) is 1. The molecule has 0 saturated heterocycles. The van der Waals surface area contributed by atoms with E-state index in [-0.39, 0.29) is 0 Å². The molecule has 4 heteroatoms. The van der Waals surface area contributed by atoms with Crippen LogP contribution in [0.2, 0.25) is 0 Å². The minimum atomic E-state index is 0.588. The number of anilines is 1. The molecule has 2 rings (SSSR count). The molecule has 0 aliphatic carbocycles. The Kier molecular flexibility index (Phi) is 2.68.